The molecular formula is C27H27FO3. The molecule has 0 spiro atoms. The van der Waals surface area contributed by atoms with E-state index in [1.807, 2.05) is 49.4 Å². The van der Waals surface area contributed by atoms with Gasteiger partial charge in [0.15, 0.2) is 11.5 Å². The molecule has 0 aromatic heterocycles. The Balaban J connectivity index is 1.70. The zero-order valence-electron chi connectivity index (χ0n) is 17.7. The maximum atomic E-state index is 16.0. The van der Waals surface area contributed by atoms with Gasteiger partial charge >= 0.3 is 5.97 Å². The Kier molecular flexibility index (Phi) is 7.71. The number of halogens is 1. The molecular weight excluding hydrogens is 391 g/mol. The SMILES string of the molecule is CCCCC(F)(C(=O)CCOC(=O)c1ccccc1)c1ccc(-c2ccccc2)cc1. The molecule has 0 fully saturated rings. The van der Waals surface area contributed by atoms with E-state index in [4.69, 9.17) is 4.74 Å². The van der Waals surface area contributed by atoms with Crippen molar-refractivity contribution in [1.29, 1.82) is 0 Å². The maximum Gasteiger partial charge on any atom is 0.338 e. The van der Waals surface area contributed by atoms with Crippen molar-refractivity contribution in [2.24, 2.45) is 0 Å². The number of carbonyl (C=O) groups is 2. The first kappa shape index (κ1) is 22.4. The number of esters is 1. The second kappa shape index (κ2) is 10.7. The highest BCUT2D eigenvalue weighted by Gasteiger charge is 2.39. The second-order valence-corrected chi connectivity index (χ2v) is 7.52. The van der Waals surface area contributed by atoms with E-state index in [1.165, 1.54) is 0 Å². The van der Waals surface area contributed by atoms with Crippen molar-refractivity contribution in [3.05, 3.63) is 96.1 Å². The van der Waals surface area contributed by atoms with Crippen LogP contribution in [-0.4, -0.2) is 18.4 Å². The van der Waals surface area contributed by atoms with Crippen LogP contribution in [-0.2, 0) is 15.2 Å². The molecule has 3 nitrogen and oxygen atoms in total. The summed E-state index contributed by atoms with van der Waals surface area (Å²) in [6.07, 6.45) is 1.31. The Morgan fingerprint density at radius 3 is 2.03 bits per heavy atom. The van der Waals surface area contributed by atoms with Crippen LogP contribution in [0.15, 0.2) is 84.9 Å². The smallest absolute Gasteiger partial charge is 0.338 e. The highest BCUT2D eigenvalue weighted by atomic mass is 19.1. The van der Waals surface area contributed by atoms with Gasteiger partial charge in [0.2, 0.25) is 0 Å². The Hall–Kier alpha value is -3.27. The highest BCUT2D eigenvalue weighted by Crippen LogP contribution is 2.35. The van der Waals surface area contributed by atoms with Crippen LogP contribution >= 0.6 is 0 Å². The lowest BCUT2D eigenvalue weighted by molar-refractivity contribution is -0.132. The summed E-state index contributed by atoms with van der Waals surface area (Å²) in [5.41, 5.74) is 0.659. The lowest BCUT2D eigenvalue weighted by Gasteiger charge is -2.25. The first-order chi connectivity index (χ1) is 15.0. The molecule has 31 heavy (non-hydrogen) atoms. The molecule has 0 radical (unpaired) electrons. The van der Waals surface area contributed by atoms with Crippen molar-refractivity contribution in [1.82, 2.24) is 0 Å². The van der Waals surface area contributed by atoms with Crippen LogP contribution in [0.3, 0.4) is 0 Å². The summed E-state index contributed by atoms with van der Waals surface area (Å²) in [5.74, 6) is -1.08. The zero-order chi connectivity index (χ0) is 22.1. The summed E-state index contributed by atoms with van der Waals surface area (Å²) in [7, 11) is 0. The van der Waals surface area contributed by atoms with Crippen molar-refractivity contribution < 1.29 is 18.7 Å². The number of benzene rings is 3. The second-order valence-electron chi connectivity index (χ2n) is 7.52. The molecule has 0 aliphatic carbocycles. The van der Waals surface area contributed by atoms with Gasteiger partial charge in [0.1, 0.15) is 0 Å². The summed E-state index contributed by atoms with van der Waals surface area (Å²) in [6, 6.07) is 25.4. The van der Waals surface area contributed by atoms with E-state index in [1.54, 1.807) is 42.5 Å². The van der Waals surface area contributed by atoms with Gasteiger partial charge in [0.05, 0.1) is 12.2 Å². The lowest BCUT2D eigenvalue weighted by Crippen LogP contribution is -2.32. The van der Waals surface area contributed by atoms with Crippen LogP contribution in [0.1, 0.15) is 48.5 Å². The molecule has 0 bridgehead atoms. The van der Waals surface area contributed by atoms with Gasteiger partial charge in [-0.2, -0.15) is 0 Å². The summed E-state index contributed by atoms with van der Waals surface area (Å²) < 4.78 is 21.2. The Bertz CT molecular complexity index is 984. The van der Waals surface area contributed by atoms with Gasteiger partial charge in [-0.15, -0.1) is 0 Å². The zero-order valence-corrected chi connectivity index (χ0v) is 17.7. The van der Waals surface area contributed by atoms with Crippen molar-refractivity contribution in [3.8, 4) is 11.1 Å². The maximum absolute atomic E-state index is 16.0. The largest absolute Gasteiger partial charge is 0.462 e. The molecule has 160 valence electrons. The highest BCUT2D eigenvalue weighted by molar-refractivity contribution is 5.91. The van der Waals surface area contributed by atoms with Gasteiger partial charge in [-0.1, -0.05) is 86.1 Å². The van der Waals surface area contributed by atoms with Gasteiger partial charge in [0.25, 0.3) is 0 Å². The molecule has 0 heterocycles. The summed E-state index contributed by atoms with van der Waals surface area (Å²) in [6.45, 7) is 1.82. The molecule has 3 rings (SSSR count). The Morgan fingerprint density at radius 2 is 1.42 bits per heavy atom. The van der Waals surface area contributed by atoms with Gasteiger partial charge < -0.3 is 4.74 Å². The van der Waals surface area contributed by atoms with E-state index in [0.29, 0.717) is 17.5 Å². The number of alkyl halides is 1. The normalized spacial score (nSPS) is 12.7. The van der Waals surface area contributed by atoms with Crippen LogP contribution in [0, 0.1) is 0 Å². The van der Waals surface area contributed by atoms with Crippen LogP contribution < -0.4 is 0 Å². The molecule has 0 aliphatic rings. The van der Waals surface area contributed by atoms with Gasteiger partial charge in [-0.25, -0.2) is 9.18 Å². The minimum atomic E-state index is -2.09. The standard InChI is InChI=1S/C27H27FO3/c1-2-3-19-27(28,24-16-14-22(15-17-24)21-10-6-4-7-11-21)25(29)18-20-31-26(30)23-12-8-5-9-13-23/h4-17H,2-3,18-20H2,1H3. The number of carbonyl (C=O) groups excluding carboxylic acids is 2. The topological polar surface area (TPSA) is 43.4 Å². The minimum Gasteiger partial charge on any atom is -0.462 e. The Morgan fingerprint density at radius 1 is 0.839 bits per heavy atom. The number of ether oxygens (including phenoxy) is 1. The molecule has 0 N–H and O–H groups in total. The van der Waals surface area contributed by atoms with E-state index in [9.17, 15) is 9.59 Å². The average molecular weight is 419 g/mol. The molecule has 4 heteroatoms. The van der Waals surface area contributed by atoms with Crippen LogP contribution in [0.2, 0.25) is 0 Å². The van der Waals surface area contributed by atoms with E-state index >= 15 is 4.39 Å². The number of ketones is 1. The summed E-state index contributed by atoms with van der Waals surface area (Å²) >= 11 is 0. The summed E-state index contributed by atoms with van der Waals surface area (Å²) in [4.78, 5) is 24.9. The predicted molar refractivity (Wildman–Crippen MR) is 121 cm³/mol. The quantitative estimate of drug-likeness (QED) is 0.352. The first-order valence-electron chi connectivity index (χ1n) is 10.6. The summed E-state index contributed by atoms with van der Waals surface area (Å²) in [5, 5.41) is 0. The molecule has 1 unspecified atom stereocenters. The molecule has 1 atom stereocenters. The third kappa shape index (κ3) is 5.66. The van der Waals surface area contributed by atoms with Crippen molar-refractivity contribution >= 4 is 11.8 Å². The third-order valence-corrected chi connectivity index (χ3v) is 5.34. The number of hydrogen-bond acceptors (Lipinski definition) is 3. The minimum absolute atomic E-state index is 0.111. The lowest BCUT2D eigenvalue weighted by atomic mass is 9.84. The predicted octanol–water partition coefficient (Wildman–Crippen LogP) is 6.52. The Labute approximate surface area is 182 Å². The van der Waals surface area contributed by atoms with E-state index in [0.717, 1.165) is 17.5 Å². The molecule has 0 aliphatic heterocycles. The third-order valence-electron chi connectivity index (χ3n) is 5.34. The first-order valence-corrected chi connectivity index (χ1v) is 10.6. The number of rotatable bonds is 10. The molecule has 0 saturated heterocycles. The molecule has 0 amide bonds. The fourth-order valence-electron chi connectivity index (χ4n) is 3.51. The fraction of sp³-hybridized carbons (Fsp3) is 0.259. The van der Waals surface area contributed by atoms with Crippen LogP contribution in [0.25, 0.3) is 11.1 Å². The van der Waals surface area contributed by atoms with E-state index < -0.39 is 17.4 Å². The molecule has 3 aromatic carbocycles. The number of Topliss-reactive ketones (excluding diaryl/α,β-unsaturated/α-hetero) is 1. The van der Waals surface area contributed by atoms with E-state index in [2.05, 4.69) is 0 Å². The van der Waals surface area contributed by atoms with Crippen molar-refractivity contribution in [3.63, 3.8) is 0 Å². The number of hydrogen-bond donors (Lipinski definition) is 0. The van der Waals surface area contributed by atoms with Gasteiger partial charge in [-0.3, -0.25) is 4.79 Å². The van der Waals surface area contributed by atoms with Crippen LogP contribution in [0.5, 0.6) is 0 Å². The van der Waals surface area contributed by atoms with Crippen molar-refractivity contribution in [2.75, 3.05) is 6.61 Å². The average Bonchev–Trinajstić information content (AvgIpc) is 2.83. The van der Waals surface area contributed by atoms with Crippen molar-refractivity contribution in [2.45, 2.75) is 38.3 Å². The molecule has 3 aromatic rings. The monoisotopic (exact) mass is 418 g/mol. The van der Waals surface area contributed by atoms with Gasteiger partial charge in [0, 0.05) is 6.42 Å². The van der Waals surface area contributed by atoms with Crippen LogP contribution in [0.4, 0.5) is 4.39 Å². The van der Waals surface area contributed by atoms with Gasteiger partial charge in [-0.05, 0) is 41.7 Å². The van der Waals surface area contributed by atoms with E-state index in [-0.39, 0.29) is 19.4 Å². The fourth-order valence-corrected chi connectivity index (χ4v) is 3.51. The number of unbranched alkanes of at least 4 members (excludes halogenated alkanes) is 1. The molecule has 0 saturated carbocycles.